The van der Waals surface area contributed by atoms with Gasteiger partial charge in [-0.15, -0.1) is 0 Å². The van der Waals surface area contributed by atoms with Crippen LogP contribution in [0, 0.1) is 6.92 Å². The van der Waals surface area contributed by atoms with Crippen LogP contribution in [0.3, 0.4) is 0 Å². The van der Waals surface area contributed by atoms with Crippen LogP contribution in [-0.2, 0) is 0 Å². The van der Waals surface area contributed by atoms with Crippen molar-refractivity contribution in [2.45, 2.75) is 17.0 Å². The minimum atomic E-state index is -0.956. The van der Waals surface area contributed by atoms with E-state index >= 15 is 0 Å². The van der Waals surface area contributed by atoms with Crippen LogP contribution >= 0.6 is 27.7 Å². The molecule has 0 atom stereocenters. The Morgan fingerprint density at radius 3 is 2.89 bits per heavy atom. The lowest BCUT2D eigenvalue weighted by molar-refractivity contribution is 0.0696. The van der Waals surface area contributed by atoms with Crippen molar-refractivity contribution in [2.24, 2.45) is 0 Å². The molecule has 0 saturated carbocycles. The van der Waals surface area contributed by atoms with Gasteiger partial charge in [0.05, 0.1) is 10.0 Å². The molecule has 0 aromatic carbocycles. The molecule has 4 nitrogen and oxygen atoms in total. The van der Waals surface area contributed by atoms with Gasteiger partial charge in [-0.1, -0.05) is 0 Å². The predicted molar refractivity (Wildman–Crippen MR) is 72.0 cm³/mol. The third-order valence-corrected chi connectivity index (χ3v) is 3.94. The molecule has 0 spiro atoms. The SMILES string of the molecule is Cc1cc(C(=O)O)cc(Sc2ncccc2Br)n1. The number of aryl methyl sites for hydroxylation is 1. The van der Waals surface area contributed by atoms with Crippen molar-refractivity contribution in [1.29, 1.82) is 0 Å². The van der Waals surface area contributed by atoms with Gasteiger partial charge in [-0.2, -0.15) is 0 Å². The zero-order valence-electron chi connectivity index (χ0n) is 9.42. The monoisotopic (exact) mass is 324 g/mol. The van der Waals surface area contributed by atoms with Crippen molar-refractivity contribution in [3.8, 4) is 0 Å². The molecule has 2 heterocycles. The van der Waals surface area contributed by atoms with Crippen molar-refractivity contribution in [2.75, 3.05) is 0 Å². The topological polar surface area (TPSA) is 63.1 Å². The fraction of sp³-hybridized carbons (Fsp3) is 0.0833. The fourth-order valence-corrected chi connectivity index (χ4v) is 2.71. The van der Waals surface area contributed by atoms with Crippen LogP contribution in [0.2, 0.25) is 0 Å². The lowest BCUT2D eigenvalue weighted by Gasteiger charge is -2.04. The largest absolute Gasteiger partial charge is 0.478 e. The third kappa shape index (κ3) is 3.08. The van der Waals surface area contributed by atoms with Crippen molar-refractivity contribution in [3.05, 3.63) is 46.2 Å². The highest BCUT2D eigenvalue weighted by atomic mass is 79.9. The lowest BCUT2D eigenvalue weighted by Crippen LogP contribution is -1.99. The second kappa shape index (κ2) is 5.49. The zero-order valence-corrected chi connectivity index (χ0v) is 11.8. The lowest BCUT2D eigenvalue weighted by atomic mass is 10.2. The Kier molecular flexibility index (Phi) is 3.98. The summed E-state index contributed by atoms with van der Waals surface area (Å²) >= 11 is 4.72. The van der Waals surface area contributed by atoms with Crippen LogP contribution in [-0.4, -0.2) is 21.0 Å². The molecule has 18 heavy (non-hydrogen) atoms. The molecule has 0 aliphatic heterocycles. The average molecular weight is 325 g/mol. The Balaban J connectivity index is 2.35. The Hall–Kier alpha value is -1.40. The van der Waals surface area contributed by atoms with Gasteiger partial charge in [-0.25, -0.2) is 14.8 Å². The summed E-state index contributed by atoms with van der Waals surface area (Å²) in [5, 5.41) is 10.4. The fourth-order valence-electron chi connectivity index (χ4n) is 1.36. The van der Waals surface area contributed by atoms with E-state index in [1.54, 1.807) is 25.3 Å². The number of pyridine rings is 2. The second-order valence-electron chi connectivity index (χ2n) is 3.53. The number of carboxylic acid groups (broad SMARTS) is 1. The van der Waals surface area contributed by atoms with Crippen LogP contribution in [0.4, 0.5) is 0 Å². The first kappa shape index (κ1) is 13.0. The van der Waals surface area contributed by atoms with Crippen molar-refractivity contribution >= 4 is 33.7 Å². The molecular weight excluding hydrogens is 316 g/mol. The van der Waals surface area contributed by atoms with Crippen molar-refractivity contribution in [3.63, 3.8) is 0 Å². The van der Waals surface area contributed by atoms with Gasteiger partial charge in [0.2, 0.25) is 0 Å². The quantitative estimate of drug-likeness (QED) is 0.937. The van der Waals surface area contributed by atoms with Gasteiger partial charge in [0.25, 0.3) is 0 Å². The summed E-state index contributed by atoms with van der Waals surface area (Å²) in [6.45, 7) is 1.77. The molecule has 0 aliphatic rings. The van der Waals surface area contributed by atoms with E-state index in [1.165, 1.54) is 11.8 Å². The second-order valence-corrected chi connectivity index (χ2v) is 5.40. The van der Waals surface area contributed by atoms with Gasteiger partial charge in [0.1, 0.15) is 10.1 Å². The highest BCUT2D eigenvalue weighted by molar-refractivity contribution is 9.10. The summed E-state index contributed by atoms with van der Waals surface area (Å²) in [6, 6.07) is 6.78. The summed E-state index contributed by atoms with van der Waals surface area (Å²) in [6.07, 6.45) is 1.68. The van der Waals surface area contributed by atoms with E-state index in [1.807, 2.05) is 12.1 Å². The molecule has 92 valence electrons. The number of aromatic nitrogens is 2. The Bertz CT molecular complexity index is 604. The van der Waals surface area contributed by atoms with Gasteiger partial charge in [-0.3, -0.25) is 0 Å². The summed E-state index contributed by atoms with van der Waals surface area (Å²) < 4.78 is 0.857. The number of halogens is 1. The number of aromatic carboxylic acids is 1. The number of carboxylic acids is 1. The highest BCUT2D eigenvalue weighted by Gasteiger charge is 2.09. The van der Waals surface area contributed by atoms with Crippen LogP contribution in [0.1, 0.15) is 16.1 Å². The predicted octanol–water partition coefficient (Wildman–Crippen LogP) is 3.40. The molecule has 0 unspecified atom stereocenters. The van der Waals surface area contributed by atoms with E-state index in [9.17, 15) is 4.79 Å². The third-order valence-electron chi connectivity index (χ3n) is 2.10. The number of rotatable bonds is 3. The van der Waals surface area contributed by atoms with Crippen LogP contribution in [0.15, 0.2) is 45.0 Å². The van der Waals surface area contributed by atoms with Gasteiger partial charge >= 0.3 is 5.97 Å². The zero-order chi connectivity index (χ0) is 13.1. The standard InChI is InChI=1S/C12H9BrN2O2S/c1-7-5-8(12(16)17)6-10(15-7)18-11-9(13)3-2-4-14-11/h2-6H,1H3,(H,16,17). The van der Waals surface area contributed by atoms with Crippen LogP contribution in [0.5, 0.6) is 0 Å². The number of nitrogens with zero attached hydrogens (tertiary/aromatic N) is 2. The van der Waals surface area contributed by atoms with Crippen molar-refractivity contribution < 1.29 is 9.90 Å². The van der Waals surface area contributed by atoms with E-state index in [-0.39, 0.29) is 5.56 Å². The van der Waals surface area contributed by atoms with Crippen LogP contribution < -0.4 is 0 Å². The van der Waals surface area contributed by atoms with E-state index in [0.29, 0.717) is 10.7 Å². The summed E-state index contributed by atoms with van der Waals surface area (Å²) in [4.78, 5) is 19.5. The maximum atomic E-state index is 11.0. The molecule has 6 heteroatoms. The smallest absolute Gasteiger partial charge is 0.335 e. The number of hydrogen-bond donors (Lipinski definition) is 1. The van der Waals surface area contributed by atoms with Crippen molar-refractivity contribution in [1.82, 2.24) is 9.97 Å². The normalized spacial score (nSPS) is 10.3. The Morgan fingerprint density at radius 2 is 2.22 bits per heavy atom. The van der Waals surface area contributed by atoms with Gasteiger partial charge in [0, 0.05) is 11.9 Å². The first-order valence-electron chi connectivity index (χ1n) is 5.06. The molecule has 2 aromatic heterocycles. The first-order chi connectivity index (χ1) is 8.56. The number of carbonyl (C=O) groups is 1. The molecule has 2 aromatic rings. The van der Waals surface area contributed by atoms with Crippen LogP contribution in [0.25, 0.3) is 0 Å². The Morgan fingerprint density at radius 1 is 1.44 bits per heavy atom. The van der Waals surface area contributed by atoms with Gasteiger partial charge in [0.15, 0.2) is 0 Å². The Labute approximate surface area is 117 Å². The maximum absolute atomic E-state index is 11.0. The number of hydrogen-bond acceptors (Lipinski definition) is 4. The molecule has 0 aliphatic carbocycles. The molecule has 0 fully saturated rings. The molecule has 1 N–H and O–H groups in total. The molecule has 0 amide bonds. The molecule has 0 bridgehead atoms. The highest BCUT2D eigenvalue weighted by Crippen LogP contribution is 2.30. The molecule has 0 saturated heterocycles. The molecular formula is C12H9BrN2O2S. The van der Waals surface area contributed by atoms with E-state index < -0.39 is 5.97 Å². The summed E-state index contributed by atoms with van der Waals surface area (Å²) in [7, 11) is 0. The minimum absolute atomic E-state index is 0.233. The molecule has 2 rings (SSSR count). The average Bonchev–Trinajstić information content (AvgIpc) is 2.31. The van der Waals surface area contributed by atoms with Gasteiger partial charge in [-0.05, 0) is 58.9 Å². The van der Waals surface area contributed by atoms with Gasteiger partial charge < -0.3 is 5.11 Å². The minimum Gasteiger partial charge on any atom is -0.478 e. The summed E-state index contributed by atoms with van der Waals surface area (Å²) in [5.41, 5.74) is 0.904. The molecule has 0 radical (unpaired) electrons. The maximum Gasteiger partial charge on any atom is 0.335 e. The van der Waals surface area contributed by atoms with E-state index in [2.05, 4.69) is 25.9 Å². The first-order valence-corrected chi connectivity index (χ1v) is 6.67. The van der Waals surface area contributed by atoms with E-state index in [4.69, 9.17) is 5.11 Å². The summed E-state index contributed by atoms with van der Waals surface area (Å²) in [5.74, 6) is -0.956. The van der Waals surface area contributed by atoms with E-state index in [0.717, 1.165) is 9.50 Å².